The van der Waals surface area contributed by atoms with Crippen LogP contribution in [0, 0.1) is 11.3 Å². The standard InChI is InChI=1S/C21H32N2O2S/c1-5-14-25-18-9-7-6-8-17(18)19(24)23-20(26)22-16-12-10-15(11-13-16)21(2,3)4/h6-9,15-16H,5,10-14H2,1-4H3,(H2,22,23,24,26). The number of hydrogen-bond donors (Lipinski definition) is 2. The maximum Gasteiger partial charge on any atom is 0.261 e. The van der Waals surface area contributed by atoms with Gasteiger partial charge in [0.15, 0.2) is 5.11 Å². The summed E-state index contributed by atoms with van der Waals surface area (Å²) in [5.41, 5.74) is 0.878. The van der Waals surface area contributed by atoms with Crippen molar-refractivity contribution >= 4 is 23.2 Å². The number of hydrogen-bond acceptors (Lipinski definition) is 3. The van der Waals surface area contributed by atoms with E-state index in [1.165, 1.54) is 12.8 Å². The van der Waals surface area contributed by atoms with E-state index in [9.17, 15) is 4.79 Å². The number of ether oxygens (including phenoxy) is 1. The molecule has 0 aromatic heterocycles. The number of benzene rings is 1. The second-order valence-electron chi connectivity index (χ2n) is 8.19. The highest BCUT2D eigenvalue weighted by Gasteiger charge is 2.30. The van der Waals surface area contributed by atoms with Crippen LogP contribution in [0.15, 0.2) is 24.3 Å². The first-order valence-electron chi connectivity index (χ1n) is 9.65. The molecule has 0 spiro atoms. The number of carbonyl (C=O) groups excluding carboxylic acids is 1. The molecule has 1 aliphatic carbocycles. The van der Waals surface area contributed by atoms with Gasteiger partial charge in [-0.1, -0.05) is 39.8 Å². The number of nitrogens with one attached hydrogen (secondary N) is 2. The van der Waals surface area contributed by atoms with Gasteiger partial charge in [0.2, 0.25) is 0 Å². The normalized spacial score (nSPS) is 20.3. The Labute approximate surface area is 163 Å². The zero-order chi connectivity index (χ0) is 19.2. The van der Waals surface area contributed by atoms with Gasteiger partial charge in [-0.15, -0.1) is 0 Å². The minimum absolute atomic E-state index is 0.224. The molecule has 0 bridgehead atoms. The number of rotatable bonds is 5. The second kappa shape index (κ2) is 9.36. The van der Waals surface area contributed by atoms with Crippen molar-refractivity contribution in [3.05, 3.63) is 29.8 Å². The minimum atomic E-state index is -0.224. The van der Waals surface area contributed by atoms with E-state index in [0.717, 1.165) is 25.2 Å². The molecule has 2 rings (SSSR count). The Balaban J connectivity index is 1.86. The number of thiocarbonyl (C=S) groups is 1. The molecular formula is C21H32N2O2S. The highest BCUT2D eigenvalue weighted by molar-refractivity contribution is 7.80. The van der Waals surface area contributed by atoms with Crippen molar-refractivity contribution in [1.82, 2.24) is 10.6 Å². The molecule has 1 aromatic rings. The number of amides is 1. The zero-order valence-corrected chi connectivity index (χ0v) is 17.2. The van der Waals surface area contributed by atoms with E-state index >= 15 is 0 Å². The van der Waals surface area contributed by atoms with Crippen LogP contribution in [0.4, 0.5) is 0 Å². The fraction of sp³-hybridized carbons (Fsp3) is 0.619. The summed E-state index contributed by atoms with van der Waals surface area (Å²) >= 11 is 5.36. The maximum atomic E-state index is 12.5. The summed E-state index contributed by atoms with van der Waals surface area (Å²) in [6.45, 7) is 9.57. The van der Waals surface area contributed by atoms with Crippen molar-refractivity contribution < 1.29 is 9.53 Å². The molecule has 26 heavy (non-hydrogen) atoms. The molecule has 0 radical (unpaired) electrons. The minimum Gasteiger partial charge on any atom is -0.493 e. The lowest BCUT2D eigenvalue weighted by atomic mass is 9.71. The van der Waals surface area contributed by atoms with Crippen molar-refractivity contribution in [2.45, 2.75) is 65.8 Å². The Morgan fingerprint density at radius 1 is 1.19 bits per heavy atom. The van der Waals surface area contributed by atoms with Crippen molar-refractivity contribution in [3.8, 4) is 5.75 Å². The molecule has 2 N–H and O–H groups in total. The summed E-state index contributed by atoms with van der Waals surface area (Å²) in [5.74, 6) is 1.13. The van der Waals surface area contributed by atoms with Gasteiger partial charge in [-0.2, -0.15) is 0 Å². The number of para-hydroxylation sites is 1. The molecule has 1 amide bonds. The Morgan fingerprint density at radius 3 is 2.46 bits per heavy atom. The first-order valence-corrected chi connectivity index (χ1v) is 10.1. The van der Waals surface area contributed by atoms with Gasteiger partial charge in [0.05, 0.1) is 12.2 Å². The monoisotopic (exact) mass is 376 g/mol. The lowest BCUT2D eigenvalue weighted by molar-refractivity contribution is 0.0972. The van der Waals surface area contributed by atoms with Gasteiger partial charge >= 0.3 is 0 Å². The molecular weight excluding hydrogens is 344 g/mol. The molecule has 144 valence electrons. The Kier molecular flexibility index (Phi) is 7.44. The Morgan fingerprint density at radius 2 is 1.85 bits per heavy atom. The predicted molar refractivity (Wildman–Crippen MR) is 111 cm³/mol. The smallest absolute Gasteiger partial charge is 0.261 e. The summed E-state index contributed by atoms with van der Waals surface area (Å²) in [5, 5.41) is 6.52. The molecule has 0 atom stereocenters. The van der Waals surface area contributed by atoms with Crippen LogP contribution in [-0.4, -0.2) is 23.7 Å². The van der Waals surface area contributed by atoms with E-state index in [0.29, 0.717) is 34.5 Å². The molecule has 1 saturated carbocycles. The van der Waals surface area contributed by atoms with Crippen LogP contribution in [0.2, 0.25) is 0 Å². The second-order valence-corrected chi connectivity index (χ2v) is 8.60. The highest BCUT2D eigenvalue weighted by Crippen LogP contribution is 2.37. The Bertz CT molecular complexity index is 617. The molecule has 0 unspecified atom stereocenters. The van der Waals surface area contributed by atoms with Crippen LogP contribution in [0.25, 0.3) is 0 Å². The lowest BCUT2D eigenvalue weighted by Gasteiger charge is -2.37. The van der Waals surface area contributed by atoms with E-state index in [4.69, 9.17) is 17.0 Å². The molecule has 0 heterocycles. The Hall–Kier alpha value is -1.62. The van der Waals surface area contributed by atoms with Crippen LogP contribution in [-0.2, 0) is 0 Å². The summed E-state index contributed by atoms with van der Waals surface area (Å²) < 4.78 is 5.66. The van der Waals surface area contributed by atoms with Gasteiger partial charge in [-0.05, 0) is 67.8 Å². The third kappa shape index (κ3) is 5.97. The molecule has 0 aliphatic heterocycles. The summed E-state index contributed by atoms with van der Waals surface area (Å²) in [4.78, 5) is 12.5. The molecule has 1 aromatic carbocycles. The molecule has 5 heteroatoms. The van der Waals surface area contributed by atoms with E-state index in [2.05, 4.69) is 31.4 Å². The lowest BCUT2D eigenvalue weighted by Crippen LogP contribution is -2.46. The SMILES string of the molecule is CCCOc1ccccc1C(=O)NC(=S)NC1CCC(C(C)(C)C)CC1. The van der Waals surface area contributed by atoms with Gasteiger partial charge in [0, 0.05) is 6.04 Å². The van der Waals surface area contributed by atoms with Gasteiger partial charge in [0.1, 0.15) is 5.75 Å². The van der Waals surface area contributed by atoms with Crippen LogP contribution in [0.5, 0.6) is 5.75 Å². The third-order valence-corrected chi connectivity index (χ3v) is 5.33. The van der Waals surface area contributed by atoms with Crippen molar-refractivity contribution in [2.75, 3.05) is 6.61 Å². The van der Waals surface area contributed by atoms with Crippen LogP contribution < -0.4 is 15.4 Å². The highest BCUT2D eigenvalue weighted by atomic mass is 32.1. The van der Waals surface area contributed by atoms with Crippen molar-refractivity contribution in [2.24, 2.45) is 11.3 Å². The van der Waals surface area contributed by atoms with Gasteiger partial charge in [-0.25, -0.2) is 0 Å². The molecule has 1 aliphatic rings. The fourth-order valence-electron chi connectivity index (χ4n) is 3.49. The van der Waals surface area contributed by atoms with E-state index in [-0.39, 0.29) is 5.91 Å². The van der Waals surface area contributed by atoms with E-state index in [1.807, 2.05) is 25.1 Å². The number of carbonyl (C=O) groups is 1. The molecule has 4 nitrogen and oxygen atoms in total. The van der Waals surface area contributed by atoms with Crippen LogP contribution in [0.1, 0.15) is 70.2 Å². The molecule has 1 fully saturated rings. The van der Waals surface area contributed by atoms with Gasteiger partial charge in [-0.3, -0.25) is 10.1 Å². The van der Waals surface area contributed by atoms with Crippen LogP contribution >= 0.6 is 12.2 Å². The summed E-state index contributed by atoms with van der Waals surface area (Å²) in [6, 6.07) is 7.61. The van der Waals surface area contributed by atoms with Crippen LogP contribution in [0.3, 0.4) is 0 Å². The topological polar surface area (TPSA) is 50.4 Å². The third-order valence-electron chi connectivity index (χ3n) is 5.11. The van der Waals surface area contributed by atoms with Gasteiger partial charge < -0.3 is 10.1 Å². The maximum absolute atomic E-state index is 12.5. The summed E-state index contributed by atoms with van der Waals surface area (Å²) in [6.07, 6.45) is 5.48. The first kappa shape index (κ1) is 20.7. The first-order chi connectivity index (χ1) is 12.3. The largest absolute Gasteiger partial charge is 0.493 e. The van der Waals surface area contributed by atoms with E-state index in [1.54, 1.807) is 6.07 Å². The fourth-order valence-corrected chi connectivity index (χ4v) is 3.75. The quantitative estimate of drug-likeness (QED) is 0.732. The molecule has 0 saturated heterocycles. The summed E-state index contributed by atoms with van der Waals surface area (Å²) in [7, 11) is 0. The van der Waals surface area contributed by atoms with Gasteiger partial charge in [0.25, 0.3) is 5.91 Å². The average molecular weight is 377 g/mol. The van der Waals surface area contributed by atoms with Crippen molar-refractivity contribution in [3.63, 3.8) is 0 Å². The average Bonchev–Trinajstić information content (AvgIpc) is 2.59. The van der Waals surface area contributed by atoms with Crippen molar-refractivity contribution in [1.29, 1.82) is 0 Å². The predicted octanol–water partition coefficient (Wildman–Crippen LogP) is 4.68. The zero-order valence-electron chi connectivity index (χ0n) is 16.4. The van der Waals surface area contributed by atoms with E-state index < -0.39 is 0 Å².